The highest BCUT2D eigenvalue weighted by Gasteiger charge is 2.17. The van der Waals surface area contributed by atoms with Gasteiger partial charge in [0.05, 0.1) is 0 Å². The molecule has 2 fully saturated rings. The second-order valence-corrected chi connectivity index (χ2v) is 6.10. The van der Waals surface area contributed by atoms with Gasteiger partial charge in [-0.05, 0) is 56.2 Å². The molecular formula is C17H26N2. The van der Waals surface area contributed by atoms with E-state index < -0.39 is 0 Å². The van der Waals surface area contributed by atoms with Crippen LogP contribution in [-0.2, 0) is 6.54 Å². The van der Waals surface area contributed by atoms with Crippen molar-refractivity contribution < 1.29 is 0 Å². The maximum absolute atomic E-state index is 3.66. The van der Waals surface area contributed by atoms with Crippen molar-refractivity contribution in [2.75, 3.05) is 24.5 Å². The van der Waals surface area contributed by atoms with Crippen molar-refractivity contribution in [3.63, 3.8) is 0 Å². The van der Waals surface area contributed by atoms with Gasteiger partial charge < -0.3 is 10.2 Å². The lowest BCUT2D eigenvalue weighted by atomic mass is 9.85. The zero-order valence-corrected chi connectivity index (χ0v) is 11.9. The molecule has 0 atom stereocenters. The Hall–Kier alpha value is -1.02. The van der Waals surface area contributed by atoms with E-state index in [1.165, 1.54) is 69.4 Å². The maximum Gasteiger partial charge on any atom is 0.0411 e. The minimum atomic E-state index is 0.946. The van der Waals surface area contributed by atoms with Gasteiger partial charge >= 0.3 is 0 Å². The summed E-state index contributed by atoms with van der Waals surface area (Å²) in [5.41, 5.74) is 2.94. The highest BCUT2D eigenvalue weighted by atomic mass is 15.1. The lowest BCUT2D eigenvalue weighted by molar-refractivity contribution is 0.301. The molecule has 0 amide bonds. The number of hydrogen-bond donors (Lipinski definition) is 1. The van der Waals surface area contributed by atoms with Crippen LogP contribution in [-0.4, -0.2) is 19.6 Å². The first-order valence-electron chi connectivity index (χ1n) is 7.97. The second kappa shape index (κ2) is 6.42. The van der Waals surface area contributed by atoms with E-state index in [1.807, 2.05) is 0 Å². The van der Waals surface area contributed by atoms with Gasteiger partial charge in [-0.1, -0.05) is 24.6 Å². The first-order chi connectivity index (χ1) is 9.43. The molecule has 0 unspecified atom stereocenters. The smallest absolute Gasteiger partial charge is 0.0411 e. The molecule has 0 bridgehead atoms. The molecule has 0 aromatic heterocycles. The van der Waals surface area contributed by atoms with Crippen molar-refractivity contribution >= 4 is 5.69 Å². The largest absolute Gasteiger partial charge is 0.371 e. The molecule has 19 heavy (non-hydrogen) atoms. The molecule has 2 aliphatic rings. The van der Waals surface area contributed by atoms with Crippen LogP contribution < -0.4 is 10.2 Å². The highest BCUT2D eigenvalue weighted by Crippen LogP contribution is 2.26. The van der Waals surface area contributed by atoms with Gasteiger partial charge in [-0.2, -0.15) is 0 Å². The lowest BCUT2D eigenvalue weighted by Gasteiger charge is -2.31. The molecule has 1 N–H and O–H groups in total. The summed E-state index contributed by atoms with van der Waals surface area (Å²) in [7, 11) is 0. The van der Waals surface area contributed by atoms with Crippen molar-refractivity contribution in [1.82, 2.24) is 5.32 Å². The van der Waals surface area contributed by atoms with Crippen LogP contribution >= 0.6 is 0 Å². The number of anilines is 1. The fraction of sp³-hybridized carbons (Fsp3) is 0.647. The average Bonchev–Trinajstić information content (AvgIpc) is 2.43. The van der Waals surface area contributed by atoms with Crippen molar-refractivity contribution in [2.24, 2.45) is 5.92 Å². The molecule has 3 rings (SSSR count). The molecule has 1 saturated carbocycles. The van der Waals surface area contributed by atoms with Crippen LogP contribution in [0.15, 0.2) is 24.3 Å². The van der Waals surface area contributed by atoms with E-state index >= 15 is 0 Å². The van der Waals surface area contributed by atoms with Gasteiger partial charge in [-0.15, -0.1) is 0 Å². The first kappa shape index (κ1) is 13.0. The van der Waals surface area contributed by atoms with Crippen LogP contribution in [0.3, 0.4) is 0 Å². The summed E-state index contributed by atoms with van der Waals surface area (Å²) in [4.78, 5) is 2.57. The maximum atomic E-state index is 3.66. The van der Waals surface area contributed by atoms with Crippen LogP contribution in [0.1, 0.15) is 44.1 Å². The minimum Gasteiger partial charge on any atom is -0.371 e. The highest BCUT2D eigenvalue weighted by molar-refractivity contribution is 5.53. The zero-order chi connectivity index (χ0) is 12.9. The fourth-order valence-corrected chi connectivity index (χ4v) is 3.21. The van der Waals surface area contributed by atoms with Gasteiger partial charge in [0.15, 0.2) is 0 Å². The minimum absolute atomic E-state index is 0.946. The fourth-order valence-electron chi connectivity index (χ4n) is 3.21. The van der Waals surface area contributed by atoms with Crippen molar-refractivity contribution in [2.45, 2.75) is 45.1 Å². The Balaban J connectivity index is 1.59. The van der Waals surface area contributed by atoms with Gasteiger partial charge in [-0.25, -0.2) is 0 Å². The third kappa shape index (κ3) is 3.30. The molecule has 2 heteroatoms. The summed E-state index contributed by atoms with van der Waals surface area (Å²) in [6.07, 6.45) is 8.41. The van der Waals surface area contributed by atoms with E-state index in [2.05, 4.69) is 34.5 Å². The number of piperidine rings is 1. The topological polar surface area (TPSA) is 15.3 Å². The van der Waals surface area contributed by atoms with Crippen LogP contribution in [0.4, 0.5) is 5.69 Å². The Morgan fingerprint density at radius 3 is 2.53 bits per heavy atom. The molecule has 104 valence electrons. The van der Waals surface area contributed by atoms with Crippen molar-refractivity contribution in [3.8, 4) is 0 Å². The second-order valence-electron chi connectivity index (χ2n) is 6.10. The van der Waals surface area contributed by atoms with Crippen molar-refractivity contribution in [3.05, 3.63) is 29.8 Å². The van der Waals surface area contributed by atoms with Crippen LogP contribution in [0.2, 0.25) is 0 Å². The number of para-hydroxylation sites is 1. The monoisotopic (exact) mass is 258 g/mol. The first-order valence-corrected chi connectivity index (χ1v) is 7.97. The van der Waals surface area contributed by atoms with Crippen molar-refractivity contribution in [1.29, 1.82) is 0 Å². The van der Waals surface area contributed by atoms with Gasteiger partial charge in [0, 0.05) is 25.3 Å². The summed E-state index contributed by atoms with van der Waals surface area (Å²) in [5, 5.41) is 3.66. The molecule has 1 aromatic rings. The summed E-state index contributed by atoms with van der Waals surface area (Å²) >= 11 is 0. The van der Waals surface area contributed by atoms with E-state index in [0.717, 1.165) is 12.5 Å². The van der Waals surface area contributed by atoms with Crippen LogP contribution in [0.25, 0.3) is 0 Å². The summed E-state index contributed by atoms with van der Waals surface area (Å²) in [5.74, 6) is 0.946. The summed E-state index contributed by atoms with van der Waals surface area (Å²) in [6, 6.07) is 8.94. The number of hydrogen-bond acceptors (Lipinski definition) is 2. The van der Waals surface area contributed by atoms with E-state index in [9.17, 15) is 0 Å². The Morgan fingerprint density at radius 2 is 1.79 bits per heavy atom. The lowest BCUT2D eigenvalue weighted by Crippen LogP contribution is -2.31. The van der Waals surface area contributed by atoms with Crippen LogP contribution in [0, 0.1) is 5.92 Å². The number of rotatable bonds is 5. The SMILES string of the molecule is c1ccc(N2CCCCC2)c(CNCC2CCC2)c1. The van der Waals surface area contributed by atoms with Crippen LogP contribution in [0.5, 0.6) is 0 Å². The number of benzene rings is 1. The zero-order valence-electron chi connectivity index (χ0n) is 11.9. The molecule has 1 heterocycles. The third-order valence-electron chi connectivity index (χ3n) is 4.66. The molecule has 0 spiro atoms. The number of nitrogens with zero attached hydrogens (tertiary/aromatic N) is 1. The third-order valence-corrected chi connectivity index (χ3v) is 4.66. The molecule has 2 nitrogen and oxygen atoms in total. The molecule has 1 aliphatic heterocycles. The molecule has 1 aromatic carbocycles. The summed E-state index contributed by atoms with van der Waals surface area (Å²) < 4.78 is 0. The Morgan fingerprint density at radius 1 is 1.00 bits per heavy atom. The Labute approximate surface area is 117 Å². The average molecular weight is 258 g/mol. The predicted molar refractivity (Wildman–Crippen MR) is 81.6 cm³/mol. The van der Waals surface area contributed by atoms with E-state index in [1.54, 1.807) is 0 Å². The standard InChI is InChI=1S/C17H26N2/c1-4-11-19(12-5-1)17-10-3-2-9-16(17)14-18-13-15-7-6-8-15/h2-3,9-10,15,18H,1,4-8,11-14H2. The predicted octanol–water partition coefficient (Wildman–Crippen LogP) is 3.57. The Kier molecular flexibility index (Phi) is 4.39. The van der Waals surface area contributed by atoms with E-state index in [4.69, 9.17) is 0 Å². The normalized spacial score (nSPS) is 20.3. The van der Waals surface area contributed by atoms with E-state index in [0.29, 0.717) is 0 Å². The molecular weight excluding hydrogens is 232 g/mol. The molecule has 0 radical (unpaired) electrons. The Bertz CT molecular complexity index is 392. The summed E-state index contributed by atoms with van der Waals surface area (Å²) in [6.45, 7) is 4.71. The molecule has 1 saturated heterocycles. The van der Waals surface area contributed by atoms with E-state index in [-0.39, 0.29) is 0 Å². The van der Waals surface area contributed by atoms with Gasteiger partial charge in [-0.3, -0.25) is 0 Å². The van der Waals surface area contributed by atoms with Gasteiger partial charge in [0.25, 0.3) is 0 Å². The van der Waals surface area contributed by atoms with Gasteiger partial charge in [0.1, 0.15) is 0 Å². The molecule has 1 aliphatic carbocycles. The quantitative estimate of drug-likeness (QED) is 0.868. The van der Waals surface area contributed by atoms with Gasteiger partial charge in [0.2, 0.25) is 0 Å². The number of nitrogens with one attached hydrogen (secondary N) is 1.